The molecule has 1 fully saturated rings. The standard InChI is InChI=1S/C11H17NO/c1-3-9-6-10(9)12-7-11-8(2)4-5-13-11/h4-5,9-10,12H,3,6-7H2,1-2H3. The maximum absolute atomic E-state index is 5.35. The van der Waals surface area contributed by atoms with E-state index < -0.39 is 0 Å². The minimum Gasteiger partial charge on any atom is -0.468 e. The topological polar surface area (TPSA) is 25.2 Å². The zero-order valence-corrected chi connectivity index (χ0v) is 8.34. The lowest BCUT2D eigenvalue weighted by Crippen LogP contribution is -2.17. The fraction of sp³-hybridized carbons (Fsp3) is 0.636. The Hall–Kier alpha value is -0.760. The maximum atomic E-state index is 5.35. The van der Waals surface area contributed by atoms with Crippen LogP contribution >= 0.6 is 0 Å². The van der Waals surface area contributed by atoms with Gasteiger partial charge in [0, 0.05) is 6.04 Å². The molecule has 2 atom stereocenters. The molecule has 1 aliphatic carbocycles. The minimum atomic E-state index is 0.745. The summed E-state index contributed by atoms with van der Waals surface area (Å²) in [6, 6.07) is 2.76. The summed E-state index contributed by atoms with van der Waals surface area (Å²) in [5.41, 5.74) is 1.25. The zero-order chi connectivity index (χ0) is 9.26. The van der Waals surface area contributed by atoms with Crippen molar-refractivity contribution in [3.63, 3.8) is 0 Å². The number of aryl methyl sites for hydroxylation is 1. The van der Waals surface area contributed by atoms with Gasteiger partial charge in [0.15, 0.2) is 0 Å². The van der Waals surface area contributed by atoms with Crippen molar-refractivity contribution < 1.29 is 4.42 Å². The Labute approximate surface area is 79.3 Å². The van der Waals surface area contributed by atoms with Crippen LogP contribution < -0.4 is 5.32 Å². The fourth-order valence-electron chi connectivity index (χ4n) is 1.76. The Balaban J connectivity index is 1.78. The third-order valence-corrected chi connectivity index (χ3v) is 2.94. The molecule has 1 aliphatic rings. The Morgan fingerprint density at radius 1 is 1.62 bits per heavy atom. The van der Waals surface area contributed by atoms with E-state index in [-0.39, 0.29) is 0 Å². The summed E-state index contributed by atoms with van der Waals surface area (Å²) < 4.78 is 5.35. The van der Waals surface area contributed by atoms with Crippen molar-refractivity contribution in [1.82, 2.24) is 5.32 Å². The highest BCUT2D eigenvalue weighted by Gasteiger charge is 2.34. The van der Waals surface area contributed by atoms with Crippen LogP contribution in [0.5, 0.6) is 0 Å². The van der Waals surface area contributed by atoms with Gasteiger partial charge in [-0.2, -0.15) is 0 Å². The average Bonchev–Trinajstić information content (AvgIpc) is 2.79. The van der Waals surface area contributed by atoms with Gasteiger partial charge in [-0.15, -0.1) is 0 Å². The third-order valence-electron chi connectivity index (χ3n) is 2.94. The van der Waals surface area contributed by atoms with Crippen LogP contribution in [0.2, 0.25) is 0 Å². The lowest BCUT2D eigenvalue weighted by molar-refractivity contribution is 0.473. The SMILES string of the molecule is CCC1CC1NCc1occc1C. The van der Waals surface area contributed by atoms with Gasteiger partial charge < -0.3 is 9.73 Å². The second kappa shape index (κ2) is 3.54. The largest absolute Gasteiger partial charge is 0.468 e. The first-order chi connectivity index (χ1) is 6.31. The Morgan fingerprint density at radius 2 is 2.46 bits per heavy atom. The Bertz CT molecular complexity index is 279. The van der Waals surface area contributed by atoms with Gasteiger partial charge in [-0.25, -0.2) is 0 Å². The molecule has 0 bridgehead atoms. The predicted octanol–water partition coefficient (Wildman–Crippen LogP) is 2.48. The van der Waals surface area contributed by atoms with Crippen molar-refractivity contribution in [2.24, 2.45) is 5.92 Å². The summed E-state index contributed by atoms with van der Waals surface area (Å²) in [5.74, 6) is 2.00. The molecule has 0 amide bonds. The van der Waals surface area contributed by atoms with E-state index in [1.54, 1.807) is 6.26 Å². The summed E-state index contributed by atoms with van der Waals surface area (Å²) in [4.78, 5) is 0. The Morgan fingerprint density at radius 3 is 3.00 bits per heavy atom. The lowest BCUT2D eigenvalue weighted by atomic mass is 10.3. The molecule has 72 valence electrons. The quantitative estimate of drug-likeness (QED) is 0.768. The summed E-state index contributed by atoms with van der Waals surface area (Å²) in [6.45, 7) is 5.23. The molecule has 1 aromatic rings. The van der Waals surface area contributed by atoms with E-state index in [9.17, 15) is 0 Å². The lowest BCUT2D eigenvalue weighted by Gasteiger charge is -2.01. The zero-order valence-electron chi connectivity index (χ0n) is 8.34. The Kier molecular flexibility index (Phi) is 2.40. The molecule has 2 heteroatoms. The fourth-order valence-corrected chi connectivity index (χ4v) is 1.76. The minimum absolute atomic E-state index is 0.745. The molecule has 13 heavy (non-hydrogen) atoms. The molecule has 2 nitrogen and oxygen atoms in total. The molecule has 0 saturated heterocycles. The van der Waals surface area contributed by atoms with Gasteiger partial charge in [0.05, 0.1) is 12.8 Å². The predicted molar refractivity (Wildman–Crippen MR) is 52.5 cm³/mol. The maximum Gasteiger partial charge on any atom is 0.120 e. The summed E-state index contributed by atoms with van der Waals surface area (Å²) in [5, 5.41) is 3.51. The van der Waals surface area contributed by atoms with E-state index in [0.29, 0.717) is 0 Å². The van der Waals surface area contributed by atoms with Crippen LogP contribution in [0.3, 0.4) is 0 Å². The van der Waals surface area contributed by atoms with Crippen molar-refractivity contribution in [2.75, 3.05) is 0 Å². The van der Waals surface area contributed by atoms with Crippen LogP contribution in [0.15, 0.2) is 16.7 Å². The molecule has 2 rings (SSSR count). The third kappa shape index (κ3) is 1.94. The molecule has 1 heterocycles. The van der Waals surface area contributed by atoms with Crippen molar-refractivity contribution >= 4 is 0 Å². The molecule has 0 aliphatic heterocycles. The van der Waals surface area contributed by atoms with E-state index >= 15 is 0 Å². The molecule has 0 spiro atoms. The van der Waals surface area contributed by atoms with Gasteiger partial charge >= 0.3 is 0 Å². The molecule has 1 saturated carbocycles. The van der Waals surface area contributed by atoms with Crippen LogP contribution in [0.4, 0.5) is 0 Å². The van der Waals surface area contributed by atoms with Crippen molar-refractivity contribution in [2.45, 2.75) is 39.3 Å². The second-order valence-corrected chi connectivity index (χ2v) is 3.92. The van der Waals surface area contributed by atoms with E-state index in [1.165, 1.54) is 18.4 Å². The van der Waals surface area contributed by atoms with E-state index in [1.807, 2.05) is 6.07 Å². The van der Waals surface area contributed by atoms with Gasteiger partial charge in [-0.1, -0.05) is 13.3 Å². The molecule has 2 unspecified atom stereocenters. The molecule has 0 aromatic carbocycles. The second-order valence-electron chi connectivity index (χ2n) is 3.92. The average molecular weight is 179 g/mol. The van der Waals surface area contributed by atoms with Crippen molar-refractivity contribution in [3.05, 3.63) is 23.7 Å². The summed E-state index contributed by atoms with van der Waals surface area (Å²) in [7, 11) is 0. The smallest absolute Gasteiger partial charge is 0.120 e. The van der Waals surface area contributed by atoms with E-state index in [0.717, 1.165) is 24.3 Å². The summed E-state index contributed by atoms with van der Waals surface area (Å²) >= 11 is 0. The van der Waals surface area contributed by atoms with Crippen molar-refractivity contribution in [3.8, 4) is 0 Å². The van der Waals surface area contributed by atoms with Crippen molar-refractivity contribution in [1.29, 1.82) is 0 Å². The van der Waals surface area contributed by atoms with Gasteiger partial charge in [-0.3, -0.25) is 0 Å². The van der Waals surface area contributed by atoms with Gasteiger partial charge in [-0.05, 0) is 30.9 Å². The number of nitrogens with one attached hydrogen (secondary N) is 1. The molecule has 0 radical (unpaired) electrons. The highest BCUT2D eigenvalue weighted by Crippen LogP contribution is 2.33. The van der Waals surface area contributed by atoms with Crippen LogP contribution in [-0.2, 0) is 6.54 Å². The van der Waals surface area contributed by atoms with Crippen LogP contribution in [0.1, 0.15) is 31.1 Å². The monoisotopic (exact) mass is 179 g/mol. The van der Waals surface area contributed by atoms with Crippen LogP contribution in [-0.4, -0.2) is 6.04 Å². The first-order valence-electron chi connectivity index (χ1n) is 5.07. The van der Waals surface area contributed by atoms with Gasteiger partial charge in [0.25, 0.3) is 0 Å². The van der Waals surface area contributed by atoms with E-state index in [4.69, 9.17) is 4.42 Å². The molecular weight excluding hydrogens is 162 g/mol. The number of furan rings is 1. The van der Waals surface area contributed by atoms with Gasteiger partial charge in [0.2, 0.25) is 0 Å². The highest BCUT2D eigenvalue weighted by atomic mass is 16.3. The first-order valence-corrected chi connectivity index (χ1v) is 5.07. The van der Waals surface area contributed by atoms with Crippen LogP contribution in [0, 0.1) is 12.8 Å². The van der Waals surface area contributed by atoms with Gasteiger partial charge in [0.1, 0.15) is 5.76 Å². The highest BCUT2D eigenvalue weighted by molar-refractivity contribution is 5.14. The normalized spacial score (nSPS) is 26.3. The van der Waals surface area contributed by atoms with Crippen LogP contribution in [0.25, 0.3) is 0 Å². The first kappa shape index (κ1) is 8.82. The number of rotatable bonds is 4. The molecular formula is C11H17NO. The number of hydrogen-bond donors (Lipinski definition) is 1. The molecule has 1 aromatic heterocycles. The molecule has 1 N–H and O–H groups in total. The summed E-state index contributed by atoms with van der Waals surface area (Å²) in [6.07, 6.45) is 4.40. The van der Waals surface area contributed by atoms with E-state index in [2.05, 4.69) is 19.2 Å². The number of hydrogen-bond acceptors (Lipinski definition) is 2.